The van der Waals surface area contributed by atoms with Gasteiger partial charge in [-0.2, -0.15) is 12.7 Å². The van der Waals surface area contributed by atoms with Crippen LogP contribution in [0.25, 0.3) is 0 Å². The van der Waals surface area contributed by atoms with Crippen molar-refractivity contribution in [1.29, 1.82) is 0 Å². The number of fused-ring (bicyclic) bond motifs is 4. The Balaban J connectivity index is 1.40. The molecule has 5 atom stereocenters. The summed E-state index contributed by atoms with van der Waals surface area (Å²) in [6.45, 7) is 0.0495. The molecule has 1 spiro atoms. The SMILES string of the molecule is CN1CC/C=C/[C@H](OCCNCC(F)(F)CO)[C@@H]2CC[C@H]2CN2C[C@@]3(CCCc4cc(Cl)ccc43)COc3ccc(cc32)[C@@](O)(C(=O)NS(=O)(=O)N(C)C)CC1=O. The molecule has 0 aromatic heterocycles. The van der Waals surface area contributed by atoms with Crippen molar-refractivity contribution in [3.05, 3.63) is 70.3 Å². The topological polar surface area (TPSA) is 161 Å². The number of nitrogens with zero attached hydrogens (tertiary/aromatic N) is 3. The molecule has 0 saturated heterocycles. The van der Waals surface area contributed by atoms with Crippen molar-refractivity contribution in [2.24, 2.45) is 11.8 Å². The Bertz CT molecular complexity index is 1940. The fraction of sp³-hybridized carbons (Fsp3) is 0.600. The van der Waals surface area contributed by atoms with E-state index in [4.69, 9.17) is 26.2 Å². The molecule has 2 aliphatic heterocycles. The number of anilines is 1. The minimum absolute atomic E-state index is 0.0347. The molecule has 2 aromatic rings. The third kappa shape index (κ3) is 9.58. The van der Waals surface area contributed by atoms with E-state index in [1.54, 1.807) is 19.2 Å². The average Bonchev–Trinajstić information content (AvgIpc) is 3.30. The number of hydrogen-bond donors (Lipinski definition) is 4. The zero-order chi connectivity index (χ0) is 41.2. The van der Waals surface area contributed by atoms with Crippen molar-refractivity contribution in [2.45, 2.75) is 68.0 Å². The van der Waals surface area contributed by atoms with Crippen LogP contribution in [0, 0.1) is 11.8 Å². The number of rotatable bonds is 10. The van der Waals surface area contributed by atoms with Gasteiger partial charge < -0.3 is 34.8 Å². The highest BCUT2D eigenvalue weighted by molar-refractivity contribution is 7.87. The Morgan fingerprint density at radius 3 is 2.70 bits per heavy atom. The van der Waals surface area contributed by atoms with Gasteiger partial charge in [-0.15, -0.1) is 0 Å². The van der Waals surface area contributed by atoms with Gasteiger partial charge in [-0.25, -0.2) is 13.5 Å². The molecule has 4 aliphatic rings. The zero-order valence-electron chi connectivity index (χ0n) is 32.7. The summed E-state index contributed by atoms with van der Waals surface area (Å²) in [6.07, 6.45) is 7.56. The Hall–Kier alpha value is -3.38. The summed E-state index contributed by atoms with van der Waals surface area (Å²) in [7, 11) is -0.306. The molecule has 2 aliphatic carbocycles. The standard InChI is InChI=1S/C40H54ClF2N5O8S/c1-46(2)57(53,54)45-37(51)40(52)21-36(50)47(3)17-5-4-8-34(55-18-16-44-23-39(42,43)25-49)31-12-9-28(31)22-48-24-38(26-56-35-14-10-29(40)20-33(35)48)15-6-7-27-19-30(41)11-13-32(27)38/h4,8,10-11,13-14,19-20,28,31,34,44,49,52H,5-7,9,12,15-18,21-26H2,1-3H3,(H,45,51)/b8-4+/t28-,31+,34-,38-,40+/m0/s1. The number of halogens is 3. The first-order chi connectivity index (χ1) is 27.0. The molecular weight excluding hydrogens is 784 g/mol. The summed E-state index contributed by atoms with van der Waals surface area (Å²) in [5, 5.41) is 24.6. The maximum Gasteiger partial charge on any atom is 0.303 e. The molecule has 6 rings (SSSR count). The van der Waals surface area contributed by atoms with Gasteiger partial charge in [0.25, 0.3) is 11.8 Å². The van der Waals surface area contributed by atoms with Gasteiger partial charge in [0.2, 0.25) is 5.91 Å². The first-order valence-corrected chi connectivity index (χ1v) is 21.3. The van der Waals surface area contributed by atoms with Crippen LogP contribution in [0.5, 0.6) is 5.75 Å². The Labute approximate surface area is 338 Å². The number of carbonyl (C=O) groups excluding carboxylic acids is 2. The highest BCUT2D eigenvalue weighted by atomic mass is 35.5. The number of benzene rings is 2. The molecule has 2 aromatic carbocycles. The van der Waals surface area contributed by atoms with Crippen LogP contribution in [-0.2, 0) is 42.0 Å². The molecular formula is C40H54ClF2N5O8S. The summed E-state index contributed by atoms with van der Waals surface area (Å²) in [4.78, 5) is 31.3. The summed E-state index contributed by atoms with van der Waals surface area (Å²) in [5.41, 5.74) is -0.0974. The molecule has 2 heterocycles. The first kappa shape index (κ1) is 43.2. The molecule has 0 radical (unpaired) electrons. The van der Waals surface area contributed by atoms with E-state index in [2.05, 4.69) is 16.3 Å². The number of alkyl halides is 2. The van der Waals surface area contributed by atoms with Gasteiger partial charge in [0.1, 0.15) is 12.4 Å². The van der Waals surface area contributed by atoms with Gasteiger partial charge in [-0.05, 0) is 91.3 Å². The molecule has 2 bridgehead atoms. The number of hydrogen-bond acceptors (Lipinski definition) is 10. The highest BCUT2D eigenvalue weighted by Crippen LogP contribution is 2.48. The lowest BCUT2D eigenvalue weighted by Crippen LogP contribution is -2.52. The van der Waals surface area contributed by atoms with Gasteiger partial charge in [0, 0.05) is 57.8 Å². The van der Waals surface area contributed by atoms with Crippen LogP contribution >= 0.6 is 11.6 Å². The fourth-order valence-corrected chi connectivity index (χ4v) is 9.19. The molecule has 13 nitrogen and oxygen atoms in total. The summed E-state index contributed by atoms with van der Waals surface area (Å²) < 4.78 is 68.8. The number of aryl methyl sites for hydroxylation is 1. The van der Waals surface area contributed by atoms with Gasteiger partial charge in [-0.3, -0.25) is 9.59 Å². The van der Waals surface area contributed by atoms with E-state index in [0.717, 1.165) is 47.5 Å². The van der Waals surface area contributed by atoms with Crippen LogP contribution in [0.1, 0.15) is 55.2 Å². The van der Waals surface area contributed by atoms with E-state index < -0.39 is 58.5 Å². The second-order valence-electron chi connectivity index (χ2n) is 16.1. The fourth-order valence-electron chi connectivity index (χ4n) is 8.41. The Kier molecular flexibility index (Phi) is 13.2. The lowest BCUT2D eigenvalue weighted by molar-refractivity contribution is -0.148. The van der Waals surface area contributed by atoms with E-state index in [1.165, 1.54) is 25.1 Å². The quantitative estimate of drug-likeness (QED) is 0.207. The third-order valence-corrected chi connectivity index (χ3v) is 13.6. The van der Waals surface area contributed by atoms with E-state index >= 15 is 0 Å². The third-order valence-electron chi connectivity index (χ3n) is 11.9. The molecule has 57 heavy (non-hydrogen) atoms. The lowest BCUT2D eigenvalue weighted by atomic mass is 9.68. The van der Waals surface area contributed by atoms with Crippen molar-refractivity contribution in [3.8, 4) is 5.75 Å². The van der Waals surface area contributed by atoms with Crippen LogP contribution in [0.3, 0.4) is 0 Å². The van der Waals surface area contributed by atoms with E-state index in [-0.39, 0.29) is 43.2 Å². The Morgan fingerprint density at radius 1 is 1.19 bits per heavy atom. The summed E-state index contributed by atoms with van der Waals surface area (Å²) in [6, 6.07) is 10.8. The Morgan fingerprint density at radius 2 is 1.98 bits per heavy atom. The summed E-state index contributed by atoms with van der Waals surface area (Å²) >= 11 is 6.46. The second-order valence-corrected chi connectivity index (χ2v) is 18.4. The van der Waals surface area contributed by atoms with Crippen LogP contribution in [0.4, 0.5) is 14.5 Å². The maximum atomic E-state index is 13.9. The monoisotopic (exact) mass is 837 g/mol. The number of ether oxygens (including phenoxy) is 2. The molecule has 2 amide bonds. The van der Waals surface area contributed by atoms with Crippen LogP contribution < -0.4 is 19.7 Å². The van der Waals surface area contributed by atoms with Crippen LogP contribution in [0.15, 0.2) is 48.6 Å². The second kappa shape index (κ2) is 17.5. The normalized spacial score (nSPS) is 27.5. The smallest absolute Gasteiger partial charge is 0.303 e. The van der Waals surface area contributed by atoms with Crippen molar-refractivity contribution < 1.29 is 46.5 Å². The van der Waals surface area contributed by atoms with Crippen LogP contribution in [0.2, 0.25) is 5.02 Å². The highest BCUT2D eigenvalue weighted by Gasteiger charge is 2.47. The number of amides is 2. The predicted octanol–water partition coefficient (Wildman–Crippen LogP) is 3.36. The van der Waals surface area contributed by atoms with Crippen molar-refractivity contribution in [3.63, 3.8) is 0 Å². The van der Waals surface area contributed by atoms with Gasteiger partial charge in [-0.1, -0.05) is 35.9 Å². The minimum Gasteiger partial charge on any atom is -0.490 e. The van der Waals surface area contributed by atoms with Crippen molar-refractivity contribution in [2.75, 3.05) is 78.6 Å². The van der Waals surface area contributed by atoms with E-state index in [0.29, 0.717) is 42.6 Å². The molecule has 1 fully saturated rings. The van der Waals surface area contributed by atoms with E-state index in [9.17, 15) is 31.9 Å². The van der Waals surface area contributed by atoms with Gasteiger partial charge in [0.05, 0.1) is 38.0 Å². The number of carbonyl (C=O) groups is 2. The molecule has 0 unspecified atom stereocenters. The minimum atomic E-state index is -4.34. The molecule has 17 heteroatoms. The van der Waals surface area contributed by atoms with Crippen LogP contribution in [-0.4, -0.2) is 125 Å². The number of nitrogens with one attached hydrogen (secondary N) is 2. The first-order valence-electron chi connectivity index (χ1n) is 19.5. The molecule has 314 valence electrons. The zero-order valence-corrected chi connectivity index (χ0v) is 34.3. The summed E-state index contributed by atoms with van der Waals surface area (Å²) in [5.74, 6) is -4.38. The van der Waals surface area contributed by atoms with Crippen molar-refractivity contribution in [1.82, 2.24) is 19.2 Å². The average molecular weight is 838 g/mol. The predicted molar refractivity (Wildman–Crippen MR) is 212 cm³/mol. The van der Waals surface area contributed by atoms with E-state index in [1.807, 2.05) is 29.0 Å². The number of aliphatic hydroxyl groups excluding tert-OH is 1. The largest absolute Gasteiger partial charge is 0.490 e. The maximum absolute atomic E-state index is 13.9. The lowest BCUT2D eigenvalue weighted by Gasteiger charge is -2.46. The van der Waals surface area contributed by atoms with Gasteiger partial charge >= 0.3 is 10.2 Å². The molecule has 4 N–H and O–H groups in total. The molecule has 1 saturated carbocycles. The number of aliphatic hydroxyl groups is 2. The van der Waals surface area contributed by atoms with Gasteiger partial charge in [0.15, 0.2) is 5.60 Å². The van der Waals surface area contributed by atoms with Crippen molar-refractivity contribution >= 4 is 39.3 Å².